The molecule has 1 atom stereocenters. The Labute approximate surface area is 165 Å². The lowest BCUT2D eigenvalue weighted by Crippen LogP contribution is -2.23. The molecule has 2 aromatic carbocycles. The summed E-state index contributed by atoms with van der Waals surface area (Å²) in [6, 6.07) is 14.0. The smallest absolute Gasteiger partial charge is 0.242 e. The van der Waals surface area contributed by atoms with E-state index in [9.17, 15) is 13.2 Å². The van der Waals surface area contributed by atoms with E-state index in [0.29, 0.717) is 17.2 Å². The molecule has 8 heteroatoms. The summed E-state index contributed by atoms with van der Waals surface area (Å²) in [7, 11) is 1.08. The number of para-hydroxylation sites is 2. The standard InChI is InChI=1S/C19H24N2O4S2/c1-14(19(22)20-17-10-5-6-11-18(17)25-4)26-13-15-8-7-9-16(12-15)27(23,24)21(2)3/h5-12,14H,13H2,1-4H3,(H,20,22)/t14-/m0/s1. The second-order valence-electron chi connectivity index (χ2n) is 6.08. The summed E-state index contributed by atoms with van der Waals surface area (Å²) in [6.07, 6.45) is 0. The van der Waals surface area contributed by atoms with E-state index in [4.69, 9.17) is 4.74 Å². The van der Waals surface area contributed by atoms with Gasteiger partial charge in [-0.25, -0.2) is 12.7 Å². The summed E-state index contributed by atoms with van der Waals surface area (Å²) < 4.78 is 30.9. The number of anilines is 1. The molecular formula is C19H24N2O4S2. The van der Waals surface area contributed by atoms with Crippen LogP contribution in [0.5, 0.6) is 5.75 Å². The number of ether oxygens (including phenoxy) is 1. The van der Waals surface area contributed by atoms with Crippen molar-refractivity contribution in [2.24, 2.45) is 0 Å². The Morgan fingerprint density at radius 2 is 1.89 bits per heavy atom. The molecule has 0 fully saturated rings. The third-order valence-corrected chi connectivity index (χ3v) is 6.94. The Bertz CT molecular complexity index is 898. The van der Waals surface area contributed by atoms with Gasteiger partial charge in [0, 0.05) is 19.8 Å². The number of methoxy groups -OCH3 is 1. The first-order chi connectivity index (χ1) is 12.8. The van der Waals surface area contributed by atoms with Crippen LogP contribution in [0, 0.1) is 0 Å². The molecule has 2 aromatic rings. The van der Waals surface area contributed by atoms with Gasteiger partial charge in [0.25, 0.3) is 0 Å². The van der Waals surface area contributed by atoms with Gasteiger partial charge in [-0.3, -0.25) is 4.79 Å². The third-order valence-electron chi connectivity index (χ3n) is 3.91. The summed E-state index contributed by atoms with van der Waals surface area (Å²) in [5.74, 6) is 0.989. The number of carbonyl (C=O) groups excluding carboxylic acids is 1. The van der Waals surface area contributed by atoms with E-state index in [2.05, 4.69) is 5.32 Å². The van der Waals surface area contributed by atoms with Gasteiger partial charge in [0.05, 0.1) is 22.9 Å². The minimum absolute atomic E-state index is 0.137. The number of nitrogens with one attached hydrogen (secondary N) is 1. The number of amides is 1. The molecular weight excluding hydrogens is 384 g/mol. The average molecular weight is 409 g/mol. The van der Waals surface area contributed by atoms with Crippen molar-refractivity contribution in [2.45, 2.75) is 22.8 Å². The molecule has 146 valence electrons. The Hall–Kier alpha value is -2.03. The zero-order valence-corrected chi connectivity index (χ0v) is 17.4. The van der Waals surface area contributed by atoms with Crippen LogP contribution in [0.1, 0.15) is 12.5 Å². The van der Waals surface area contributed by atoms with Crippen molar-refractivity contribution in [1.82, 2.24) is 4.31 Å². The highest BCUT2D eigenvalue weighted by molar-refractivity contribution is 7.99. The van der Waals surface area contributed by atoms with E-state index in [1.165, 1.54) is 30.2 Å². The van der Waals surface area contributed by atoms with Gasteiger partial charge < -0.3 is 10.1 Å². The van der Waals surface area contributed by atoms with Gasteiger partial charge in [-0.2, -0.15) is 0 Å². The van der Waals surface area contributed by atoms with Gasteiger partial charge in [0.2, 0.25) is 15.9 Å². The van der Waals surface area contributed by atoms with Crippen molar-refractivity contribution in [2.75, 3.05) is 26.5 Å². The van der Waals surface area contributed by atoms with Crippen LogP contribution in [0.2, 0.25) is 0 Å². The van der Waals surface area contributed by atoms with Gasteiger partial charge in [0.1, 0.15) is 5.75 Å². The molecule has 0 bridgehead atoms. The zero-order chi connectivity index (χ0) is 20.0. The summed E-state index contributed by atoms with van der Waals surface area (Å²) in [4.78, 5) is 12.7. The molecule has 1 N–H and O–H groups in total. The van der Waals surface area contributed by atoms with Crippen LogP contribution in [-0.4, -0.2) is 45.1 Å². The second kappa shape index (κ2) is 9.25. The summed E-state index contributed by atoms with van der Waals surface area (Å²) in [5, 5.41) is 2.55. The summed E-state index contributed by atoms with van der Waals surface area (Å²) >= 11 is 1.44. The van der Waals surface area contributed by atoms with Gasteiger partial charge in [-0.1, -0.05) is 24.3 Å². The number of sulfonamides is 1. The Balaban J connectivity index is 2.01. The number of carbonyl (C=O) groups is 1. The molecule has 0 heterocycles. The number of thioether (sulfide) groups is 1. The predicted molar refractivity (Wildman–Crippen MR) is 110 cm³/mol. The minimum Gasteiger partial charge on any atom is -0.495 e. The van der Waals surface area contributed by atoms with Gasteiger partial charge in [-0.15, -0.1) is 11.8 Å². The first kappa shape index (κ1) is 21.3. The second-order valence-corrected chi connectivity index (χ2v) is 9.56. The fraction of sp³-hybridized carbons (Fsp3) is 0.316. The molecule has 0 aliphatic heterocycles. The Kier molecular flexibility index (Phi) is 7.29. The van der Waals surface area contributed by atoms with Crippen LogP contribution < -0.4 is 10.1 Å². The van der Waals surface area contributed by atoms with Crippen LogP contribution in [-0.2, 0) is 20.6 Å². The number of rotatable bonds is 8. The normalized spacial score (nSPS) is 12.6. The molecule has 0 aliphatic carbocycles. The van der Waals surface area contributed by atoms with Crippen molar-refractivity contribution >= 4 is 33.4 Å². The lowest BCUT2D eigenvalue weighted by molar-refractivity contribution is -0.115. The molecule has 0 aliphatic rings. The molecule has 6 nitrogen and oxygen atoms in total. The monoisotopic (exact) mass is 408 g/mol. The van der Waals surface area contributed by atoms with E-state index in [0.717, 1.165) is 5.56 Å². The quantitative estimate of drug-likeness (QED) is 0.726. The van der Waals surface area contributed by atoms with Crippen molar-refractivity contribution in [1.29, 1.82) is 0 Å². The first-order valence-electron chi connectivity index (χ1n) is 8.32. The SMILES string of the molecule is COc1ccccc1NC(=O)[C@H](C)SCc1cccc(S(=O)(=O)N(C)C)c1. The van der Waals surface area contributed by atoms with Crippen LogP contribution in [0.3, 0.4) is 0 Å². The van der Waals surface area contributed by atoms with Crippen molar-refractivity contribution in [3.63, 3.8) is 0 Å². The number of nitrogens with zero attached hydrogens (tertiary/aromatic N) is 1. The molecule has 0 saturated carbocycles. The van der Waals surface area contributed by atoms with Crippen molar-refractivity contribution in [3.8, 4) is 5.75 Å². The van der Waals surface area contributed by atoms with Gasteiger partial charge >= 0.3 is 0 Å². The highest BCUT2D eigenvalue weighted by atomic mass is 32.2. The van der Waals surface area contributed by atoms with E-state index < -0.39 is 10.0 Å². The number of hydrogen-bond donors (Lipinski definition) is 1. The predicted octanol–water partition coefficient (Wildman–Crippen LogP) is 3.21. The van der Waals surface area contributed by atoms with Gasteiger partial charge in [0.15, 0.2) is 0 Å². The molecule has 0 unspecified atom stereocenters. The van der Waals surface area contributed by atoms with Crippen LogP contribution in [0.15, 0.2) is 53.4 Å². The van der Waals surface area contributed by atoms with Crippen LogP contribution in [0.25, 0.3) is 0 Å². The van der Waals surface area contributed by atoms with E-state index >= 15 is 0 Å². The Morgan fingerprint density at radius 3 is 2.56 bits per heavy atom. The topological polar surface area (TPSA) is 75.7 Å². The average Bonchev–Trinajstić information content (AvgIpc) is 2.66. The van der Waals surface area contributed by atoms with Gasteiger partial charge in [-0.05, 0) is 36.8 Å². The summed E-state index contributed by atoms with van der Waals surface area (Å²) in [6.45, 7) is 1.82. The van der Waals surface area contributed by atoms with E-state index in [-0.39, 0.29) is 16.1 Å². The molecule has 0 saturated heterocycles. The number of benzene rings is 2. The lowest BCUT2D eigenvalue weighted by Gasteiger charge is -2.15. The van der Waals surface area contributed by atoms with E-state index in [1.54, 1.807) is 37.4 Å². The lowest BCUT2D eigenvalue weighted by atomic mass is 10.2. The minimum atomic E-state index is -3.47. The maximum absolute atomic E-state index is 12.4. The summed E-state index contributed by atoms with van der Waals surface area (Å²) in [5.41, 5.74) is 1.47. The fourth-order valence-corrected chi connectivity index (χ4v) is 4.09. The van der Waals surface area contributed by atoms with Crippen molar-refractivity contribution < 1.29 is 17.9 Å². The zero-order valence-electron chi connectivity index (χ0n) is 15.8. The first-order valence-corrected chi connectivity index (χ1v) is 10.8. The molecule has 2 rings (SSSR count). The van der Waals surface area contributed by atoms with E-state index in [1.807, 2.05) is 25.1 Å². The van der Waals surface area contributed by atoms with Crippen LogP contribution in [0.4, 0.5) is 5.69 Å². The molecule has 0 spiro atoms. The molecule has 27 heavy (non-hydrogen) atoms. The maximum Gasteiger partial charge on any atom is 0.242 e. The molecule has 0 aromatic heterocycles. The third kappa shape index (κ3) is 5.47. The van der Waals surface area contributed by atoms with Crippen molar-refractivity contribution in [3.05, 3.63) is 54.1 Å². The molecule has 0 radical (unpaired) electrons. The largest absolute Gasteiger partial charge is 0.495 e. The Morgan fingerprint density at radius 1 is 1.19 bits per heavy atom. The molecule has 1 amide bonds. The highest BCUT2D eigenvalue weighted by Gasteiger charge is 2.18. The highest BCUT2D eigenvalue weighted by Crippen LogP contribution is 2.26. The van der Waals surface area contributed by atoms with Crippen LogP contribution >= 0.6 is 11.8 Å². The fourth-order valence-electron chi connectivity index (χ4n) is 2.29. The maximum atomic E-state index is 12.4. The number of hydrogen-bond acceptors (Lipinski definition) is 5.